The number of hydrogen-bond donors (Lipinski definition) is 2. The van der Waals surface area contributed by atoms with Gasteiger partial charge < -0.3 is 10.6 Å². The molecule has 5 nitrogen and oxygen atoms in total. The van der Waals surface area contributed by atoms with E-state index in [0.717, 1.165) is 15.6 Å². The number of carbonyl (C=O) groups is 1. The largest absolute Gasteiger partial charge is 0.351 e. The van der Waals surface area contributed by atoms with Gasteiger partial charge in [-0.05, 0) is 61.7 Å². The quantitative estimate of drug-likeness (QED) is 0.540. The van der Waals surface area contributed by atoms with Gasteiger partial charge in [-0.2, -0.15) is 0 Å². The normalized spacial score (nSPS) is 11.9. The van der Waals surface area contributed by atoms with Crippen LogP contribution in [0.15, 0.2) is 46.8 Å². The molecule has 1 amide bonds. The van der Waals surface area contributed by atoms with E-state index in [1.54, 1.807) is 12.1 Å². The van der Waals surface area contributed by atoms with Crippen molar-refractivity contribution in [3.63, 3.8) is 0 Å². The van der Waals surface area contributed by atoms with E-state index < -0.39 is 0 Å². The lowest BCUT2D eigenvalue weighted by atomic mass is 10.1. The van der Waals surface area contributed by atoms with Gasteiger partial charge in [-0.15, -0.1) is 10.2 Å². The van der Waals surface area contributed by atoms with Gasteiger partial charge in [0.1, 0.15) is 5.82 Å². The van der Waals surface area contributed by atoms with E-state index in [1.165, 1.54) is 46.4 Å². The third-order valence-electron chi connectivity index (χ3n) is 4.19. The van der Waals surface area contributed by atoms with Gasteiger partial charge in [0, 0.05) is 12.2 Å². The summed E-state index contributed by atoms with van der Waals surface area (Å²) in [4.78, 5) is 12.3. The molecule has 146 valence electrons. The van der Waals surface area contributed by atoms with Crippen LogP contribution in [0.4, 0.5) is 15.2 Å². The summed E-state index contributed by atoms with van der Waals surface area (Å²) in [6.07, 6.45) is 0. The van der Waals surface area contributed by atoms with Crippen LogP contribution >= 0.6 is 23.1 Å². The van der Waals surface area contributed by atoms with Crippen molar-refractivity contribution < 1.29 is 9.18 Å². The van der Waals surface area contributed by atoms with Crippen LogP contribution in [0.25, 0.3) is 0 Å². The molecular weight excluding hydrogens is 395 g/mol. The van der Waals surface area contributed by atoms with E-state index in [-0.39, 0.29) is 17.0 Å². The summed E-state index contributed by atoms with van der Waals surface area (Å²) in [7, 11) is 0. The molecule has 1 atom stereocenters. The summed E-state index contributed by atoms with van der Waals surface area (Å²) in [6, 6.07) is 12.2. The number of hydrogen-bond acceptors (Lipinski definition) is 6. The van der Waals surface area contributed by atoms with E-state index in [2.05, 4.69) is 46.8 Å². The Labute approximate surface area is 171 Å². The minimum absolute atomic E-state index is 0.104. The summed E-state index contributed by atoms with van der Waals surface area (Å²) >= 11 is 2.77. The number of amides is 1. The summed E-state index contributed by atoms with van der Waals surface area (Å²) in [5.41, 5.74) is 4.25. The molecule has 28 heavy (non-hydrogen) atoms. The van der Waals surface area contributed by atoms with Gasteiger partial charge in [0.15, 0.2) is 4.34 Å². The third kappa shape index (κ3) is 5.53. The lowest BCUT2D eigenvalue weighted by Gasteiger charge is -2.10. The van der Waals surface area contributed by atoms with Crippen LogP contribution in [-0.2, 0) is 11.3 Å². The molecule has 1 aromatic heterocycles. The molecule has 1 heterocycles. The first-order valence-corrected chi connectivity index (χ1v) is 10.5. The van der Waals surface area contributed by atoms with Gasteiger partial charge in [-0.1, -0.05) is 41.3 Å². The zero-order chi connectivity index (χ0) is 20.1. The Balaban J connectivity index is 1.52. The Hall–Kier alpha value is -2.45. The molecule has 8 heteroatoms. The smallest absolute Gasteiger partial charge is 0.233 e. The number of aromatic nitrogens is 2. The molecule has 3 rings (SSSR count). The fourth-order valence-electron chi connectivity index (χ4n) is 2.39. The van der Waals surface area contributed by atoms with Crippen molar-refractivity contribution in [1.29, 1.82) is 0 Å². The molecule has 1 unspecified atom stereocenters. The van der Waals surface area contributed by atoms with Crippen LogP contribution in [-0.4, -0.2) is 21.4 Å². The van der Waals surface area contributed by atoms with Crippen LogP contribution in [0.5, 0.6) is 0 Å². The van der Waals surface area contributed by atoms with Crippen molar-refractivity contribution in [2.45, 2.75) is 36.9 Å². The maximum Gasteiger partial charge on any atom is 0.233 e. The molecule has 2 aromatic carbocycles. The second-order valence-electron chi connectivity index (χ2n) is 6.40. The van der Waals surface area contributed by atoms with Crippen molar-refractivity contribution in [1.82, 2.24) is 15.5 Å². The molecular formula is C20H21FN4OS2. The van der Waals surface area contributed by atoms with E-state index >= 15 is 0 Å². The number of halogens is 1. The summed E-state index contributed by atoms with van der Waals surface area (Å²) in [5, 5.41) is 14.8. The van der Waals surface area contributed by atoms with Crippen molar-refractivity contribution in [2.24, 2.45) is 0 Å². The van der Waals surface area contributed by atoms with Crippen LogP contribution in [0.2, 0.25) is 0 Å². The molecule has 0 spiro atoms. The second kappa shape index (κ2) is 9.16. The Morgan fingerprint density at radius 1 is 1.14 bits per heavy atom. The standard InChI is InChI=1S/C20H21FN4OS2/c1-12-4-9-17(10-13(12)2)23-19-24-25-20(28-19)27-14(3)18(26)22-11-15-5-7-16(21)8-6-15/h4-10,14H,11H2,1-3H3,(H,22,26)(H,23,24). The van der Waals surface area contributed by atoms with Gasteiger partial charge >= 0.3 is 0 Å². The number of aryl methyl sites for hydroxylation is 2. The molecule has 0 fully saturated rings. The predicted molar refractivity (Wildman–Crippen MR) is 113 cm³/mol. The predicted octanol–water partition coefficient (Wildman–Crippen LogP) is 4.83. The molecule has 0 aliphatic carbocycles. The first kappa shape index (κ1) is 20.3. The van der Waals surface area contributed by atoms with Gasteiger partial charge in [0.25, 0.3) is 0 Å². The number of benzene rings is 2. The van der Waals surface area contributed by atoms with Gasteiger partial charge in [0.05, 0.1) is 5.25 Å². The van der Waals surface area contributed by atoms with Crippen LogP contribution < -0.4 is 10.6 Å². The van der Waals surface area contributed by atoms with Crippen LogP contribution in [0.3, 0.4) is 0 Å². The molecule has 0 bridgehead atoms. The zero-order valence-corrected chi connectivity index (χ0v) is 17.5. The van der Waals surface area contributed by atoms with Crippen LogP contribution in [0, 0.1) is 19.7 Å². The van der Waals surface area contributed by atoms with E-state index in [9.17, 15) is 9.18 Å². The highest BCUT2D eigenvalue weighted by molar-refractivity contribution is 8.02. The van der Waals surface area contributed by atoms with E-state index in [0.29, 0.717) is 11.7 Å². The van der Waals surface area contributed by atoms with Crippen molar-refractivity contribution in [2.75, 3.05) is 5.32 Å². The van der Waals surface area contributed by atoms with Gasteiger partial charge in [-0.25, -0.2) is 4.39 Å². The number of thioether (sulfide) groups is 1. The first-order chi connectivity index (χ1) is 13.4. The van der Waals surface area contributed by atoms with Crippen molar-refractivity contribution >= 4 is 39.8 Å². The summed E-state index contributed by atoms with van der Waals surface area (Å²) in [6.45, 7) is 6.32. The highest BCUT2D eigenvalue weighted by Gasteiger charge is 2.17. The maximum absolute atomic E-state index is 12.9. The highest BCUT2D eigenvalue weighted by atomic mass is 32.2. The number of carbonyl (C=O) groups excluding carboxylic acids is 1. The fourth-order valence-corrected chi connectivity index (χ4v) is 4.33. The molecule has 0 saturated carbocycles. The molecule has 0 aliphatic rings. The summed E-state index contributed by atoms with van der Waals surface area (Å²) < 4.78 is 13.6. The SMILES string of the molecule is Cc1ccc(Nc2nnc(SC(C)C(=O)NCc3ccc(F)cc3)s2)cc1C. The second-order valence-corrected chi connectivity index (χ2v) is 8.97. The number of anilines is 2. The number of rotatable bonds is 7. The average molecular weight is 417 g/mol. The van der Waals surface area contributed by atoms with Crippen molar-refractivity contribution in [3.8, 4) is 0 Å². The van der Waals surface area contributed by atoms with Crippen LogP contribution in [0.1, 0.15) is 23.6 Å². The lowest BCUT2D eigenvalue weighted by Crippen LogP contribution is -2.30. The van der Waals surface area contributed by atoms with Gasteiger partial charge in [0.2, 0.25) is 11.0 Å². The minimum Gasteiger partial charge on any atom is -0.351 e. The molecule has 3 aromatic rings. The monoisotopic (exact) mass is 416 g/mol. The summed E-state index contributed by atoms with van der Waals surface area (Å²) in [5.74, 6) is -0.395. The Kier molecular flexibility index (Phi) is 6.64. The number of nitrogens with one attached hydrogen (secondary N) is 2. The Morgan fingerprint density at radius 3 is 2.61 bits per heavy atom. The van der Waals surface area contributed by atoms with E-state index in [4.69, 9.17) is 0 Å². The average Bonchev–Trinajstić information content (AvgIpc) is 3.10. The molecule has 0 saturated heterocycles. The lowest BCUT2D eigenvalue weighted by molar-refractivity contribution is -0.120. The minimum atomic E-state index is -0.317. The van der Waals surface area contributed by atoms with Gasteiger partial charge in [-0.3, -0.25) is 4.79 Å². The first-order valence-electron chi connectivity index (χ1n) is 8.77. The Morgan fingerprint density at radius 2 is 1.89 bits per heavy atom. The molecule has 0 radical (unpaired) electrons. The zero-order valence-electron chi connectivity index (χ0n) is 15.8. The topological polar surface area (TPSA) is 66.9 Å². The highest BCUT2D eigenvalue weighted by Crippen LogP contribution is 2.30. The molecule has 2 N–H and O–H groups in total. The molecule has 0 aliphatic heterocycles. The number of nitrogens with zero attached hydrogens (tertiary/aromatic N) is 2. The fraction of sp³-hybridized carbons (Fsp3) is 0.250. The van der Waals surface area contributed by atoms with E-state index in [1.807, 2.05) is 13.0 Å². The Bertz CT molecular complexity index is 959. The maximum atomic E-state index is 12.9. The van der Waals surface area contributed by atoms with Crippen molar-refractivity contribution in [3.05, 3.63) is 65.0 Å². The third-order valence-corrected chi connectivity index (χ3v) is 6.21.